The topological polar surface area (TPSA) is 68.0 Å². The van der Waals surface area contributed by atoms with E-state index in [4.69, 9.17) is 5.73 Å². The smallest absolute Gasteiger partial charge is 0.237 e. The number of rotatable bonds is 5. The van der Waals surface area contributed by atoms with Crippen molar-refractivity contribution in [2.24, 2.45) is 5.73 Å². The molecule has 1 aromatic carbocycles. The molecule has 0 fully saturated rings. The highest BCUT2D eigenvalue weighted by atomic mass is 16.1. The maximum atomic E-state index is 11.6. The van der Waals surface area contributed by atoms with E-state index in [0.29, 0.717) is 0 Å². The van der Waals surface area contributed by atoms with Gasteiger partial charge in [-0.1, -0.05) is 36.4 Å². The van der Waals surface area contributed by atoms with Gasteiger partial charge in [-0.3, -0.25) is 15.1 Å². The molecule has 0 saturated heterocycles. The fraction of sp³-hybridized carbons (Fsp3) is 0.250. The molecule has 1 unspecified atom stereocenters. The van der Waals surface area contributed by atoms with Crippen molar-refractivity contribution in [1.29, 1.82) is 0 Å². The van der Waals surface area contributed by atoms with Crippen molar-refractivity contribution in [3.05, 3.63) is 66.0 Å². The van der Waals surface area contributed by atoms with Crippen LogP contribution >= 0.6 is 0 Å². The van der Waals surface area contributed by atoms with Gasteiger partial charge in [-0.15, -0.1) is 0 Å². The molecule has 0 aliphatic heterocycles. The number of primary amides is 1. The van der Waals surface area contributed by atoms with Crippen molar-refractivity contribution in [3.63, 3.8) is 0 Å². The van der Waals surface area contributed by atoms with Crippen LogP contribution in [0.2, 0.25) is 0 Å². The lowest BCUT2D eigenvalue weighted by atomic mass is 9.97. The first-order valence-electron chi connectivity index (χ1n) is 6.54. The first kappa shape index (κ1) is 14.2. The second kappa shape index (κ2) is 5.84. The molecule has 1 atom stereocenters. The van der Waals surface area contributed by atoms with Gasteiger partial charge in [-0.2, -0.15) is 0 Å². The lowest BCUT2D eigenvalue weighted by Crippen LogP contribution is -2.52. The summed E-state index contributed by atoms with van der Waals surface area (Å²) in [5.74, 6) is -0.394. The number of carbonyl (C=O) groups is 1. The number of carbonyl (C=O) groups excluding carboxylic acids is 1. The Morgan fingerprint density at radius 2 is 1.80 bits per heavy atom. The number of hydrogen-bond donors (Lipinski definition) is 2. The van der Waals surface area contributed by atoms with Crippen molar-refractivity contribution in [2.45, 2.75) is 25.4 Å². The molecule has 20 heavy (non-hydrogen) atoms. The summed E-state index contributed by atoms with van der Waals surface area (Å²) in [5.41, 5.74) is 6.53. The average molecular weight is 269 g/mol. The van der Waals surface area contributed by atoms with Crippen LogP contribution in [0.3, 0.4) is 0 Å². The molecule has 3 N–H and O–H groups in total. The average Bonchev–Trinajstić information content (AvgIpc) is 2.46. The van der Waals surface area contributed by atoms with Gasteiger partial charge in [0.15, 0.2) is 0 Å². The first-order valence-corrected chi connectivity index (χ1v) is 6.54. The summed E-state index contributed by atoms with van der Waals surface area (Å²) in [6, 6.07) is 15.4. The predicted molar refractivity (Wildman–Crippen MR) is 78.9 cm³/mol. The Morgan fingerprint density at radius 3 is 2.35 bits per heavy atom. The molecule has 4 nitrogen and oxygen atoms in total. The maximum Gasteiger partial charge on any atom is 0.237 e. The highest BCUT2D eigenvalue weighted by Crippen LogP contribution is 2.22. The van der Waals surface area contributed by atoms with E-state index < -0.39 is 11.4 Å². The molecule has 1 aromatic heterocycles. The molecule has 1 heterocycles. The Bertz CT molecular complexity index is 527. The normalized spacial score (nSPS) is 12.9. The third-order valence-electron chi connectivity index (χ3n) is 3.24. The molecule has 104 valence electrons. The van der Waals surface area contributed by atoms with Crippen molar-refractivity contribution in [1.82, 2.24) is 10.3 Å². The Kier molecular flexibility index (Phi) is 4.15. The minimum absolute atomic E-state index is 0.181. The molecule has 0 radical (unpaired) electrons. The minimum atomic E-state index is -0.821. The number of hydrogen-bond acceptors (Lipinski definition) is 3. The van der Waals surface area contributed by atoms with Gasteiger partial charge in [0.05, 0.1) is 17.3 Å². The highest BCUT2D eigenvalue weighted by molar-refractivity contribution is 5.83. The van der Waals surface area contributed by atoms with Crippen LogP contribution in [-0.4, -0.2) is 16.4 Å². The lowest BCUT2D eigenvalue weighted by molar-refractivity contribution is -0.123. The Morgan fingerprint density at radius 1 is 1.15 bits per heavy atom. The monoisotopic (exact) mass is 269 g/mol. The fourth-order valence-electron chi connectivity index (χ4n) is 1.95. The van der Waals surface area contributed by atoms with Gasteiger partial charge in [0, 0.05) is 6.20 Å². The number of aromatic nitrogens is 1. The van der Waals surface area contributed by atoms with Crippen LogP contribution in [0.5, 0.6) is 0 Å². The van der Waals surface area contributed by atoms with Gasteiger partial charge in [-0.05, 0) is 31.5 Å². The van der Waals surface area contributed by atoms with Gasteiger partial charge in [0.2, 0.25) is 5.91 Å². The maximum absolute atomic E-state index is 11.6. The number of benzene rings is 1. The van der Waals surface area contributed by atoms with E-state index in [0.717, 1.165) is 11.3 Å². The zero-order valence-electron chi connectivity index (χ0n) is 11.7. The summed E-state index contributed by atoms with van der Waals surface area (Å²) in [4.78, 5) is 15.9. The Balaban J connectivity index is 2.38. The first-order chi connectivity index (χ1) is 9.50. The van der Waals surface area contributed by atoms with Crippen molar-refractivity contribution in [3.8, 4) is 0 Å². The number of nitrogens with zero attached hydrogens (tertiary/aromatic N) is 1. The van der Waals surface area contributed by atoms with Crippen molar-refractivity contribution < 1.29 is 4.79 Å². The predicted octanol–water partition coefficient (Wildman–Crippen LogP) is 2.02. The molecular weight excluding hydrogens is 250 g/mol. The summed E-state index contributed by atoms with van der Waals surface area (Å²) in [6.45, 7) is 3.54. The summed E-state index contributed by atoms with van der Waals surface area (Å²) in [7, 11) is 0. The van der Waals surface area contributed by atoms with Gasteiger partial charge >= 0.3 is 0 Å². The Hall–Kier alpha value is -2.20. The second-order valence-electron chi connectivity index (χ2n) is 5.23. The molecule has 0 saturated carbocycles. The van der Waals surface area contributed by atoms with Crippen LogP contribution in [0.25, 0.3) is 0 Å². The second-order valence-corrected chi connectivity index (χ2v) is 5.23. The largest absolute Gasteiger partial charge is 0.368 e. The zero-order valence-corrected chi connectivity index (χ0v) is 11.7. The molecule has 0 bridgehead atoms. The Labute approximate surface area is 119 Å². The van der Waals surface area contributed by atoms with Crippen LogP contribution < -0.4 is 11.1 Å². The number of pyridine rings is 1. The van der Waals surface area contributed by atoms with E-state index in [1.807, 2.05) is 48.5 Å². The molecule has 1 amide bonds. The lowest BCUT2D eigenvalue weighted by Gasteiger charge is -2.29. The van der Waals surface area contributed by atoms with E-state index in [1.165, 1.54) is 0 Å². The van der Waals surface area contributed by atoms with E-state index >= 15 is 0 Å². The zero-order chi connectivity index (χ0) is 14.6. The van der Waals surface area contributed by atoms with Crippen LogP contribution in [0.1, 0.15) is 31.1 Å². The third kappa shape index (κ3) is 3.22. The number of nitrogens with one attached hydrogen (secondary N) is 1. The van der Waals surface area contributed by atoms with Gasteiger partial charge in [0.25, 0.3) is 0 Å². The van der Waals surface area contributed by atoms with Crippen molar-refractivity contribution >= 4 is 5.91 Å². The van der Waals surface area contributed by atoms with Crippen LogP contribution in [-0.2, 0) is 4.79 Å². The third-order valence-corrected chi connectivity index (χ3v) is 3.24. The van der Waals surface area contributed by atoms with E-state index in [-0.39, 0.29) is 6.04 Å². The van der Waals surface area contributed by atoms with Gasteiger partial charge in [-0.25, -0.2) is 0 Å². The van der Waals surface area contributed by atoms with Crippen LogP contribution in [0.15, 0.2) is 54.7 Å². The number of nitrogens with two attached hydrogens (primary N) is 1. The summed E-state index contributed by atoms with van der Waals surface area (Å²) in [6.07, 6.45) is 1.74. The van der Waals surface area contributed by atoms with Gasteiger partial charge in [0.1, 0.15) is 0 Å². The summed E-state index contributed by atoms with van der Waals surface area (Å²) >= 11 is 0. The van der Waals surface area contributed by atoms with E-state index in [2.05, 4.69) is 10.3 Å². The van der Waals surface area contributed by atoms with Crippen LogP contribution in [0.4, 0.5) is 0 Å². The van der Waals surface area contributed by atoms with E-state index in [9.17, 15) is 4.79 Å². The summed E-state index contributed by atoms with van der Waals surface area (Å²) in [5, 5.41) is 3.29. The molecule has 2 rings (SSSR count). The van der Waals surface area contributed by atoms with E-state index in [1.54, 1.807) is 20.0 Å². The molecule has 2 aromatic rings. The highest BCUT2D eigenvalue weighted by Gasteiger charge is 2.29. The molecule has 4 heteroatoms. The summed E-state index contributed by atoms with van der Waals surface area (Å²) < 4.78 is 0. The number of amides is 1. The molecule has 0 spiro atoms. The SMILES string of the molecule is CC(C)(NC(c1ccccc1)c1ccccn1)C(N)=O. The molecular formula is C16H19N3O. The quantitative estimate of drug-likeness (QED) is 0.872. The fourth-order valence-corrected chi connectivity index (χ4v) is 1.95. The van der Waals surface area contributed by atoms with Crippen molar-refractivity contribution in [2.75, 3.05) is 0 Å². The van der Waals surface area contributed by atoms with Crippen LogP contribution in [0, 0.1) is 0 Å². The molecule has 0 aliphatic rings. The standard InChI is InChI=1S/C16H19N3O/c1-16(2,15(17)20)19-14(12-8-4-3-5-9-12)13-10-6-7-11-18-13/h3-11,14,19H,1-2H3,(H2,17,20). The minimum Gasteiger partial charge on any atom is -0.368 e. The molecule has 0 aliphatic carbocycles. The van der Waals surface area contributed by atoms with Gasteiger partial charge < -0.3 is 5.73 Å².